The molecule has 0 aliphatic carbocycles. The summed E-state index contributed by atoms with van der Waals surface area (Å²) in [6.45, 7) is -0.962. The number of nitrogens with one attached hydrogen (secondary N) is 1. The summed E-state index contributed by atoms with van der Waals surface area (Å²) in [4.78, 5) is 52.9. The normalized spacial score (nSPS) is 38.0. The van der Waals surface area contributed by atoms with Crippen LogP contribution in [0, 0.1) is 0 Å². The van der Waals surface area contributed by atoms with Crippen molar-refractivity contribution in [2.24, 2.45) is 0 Å². The van der Waals surface area contributed by atoms with Crippen LogP contribution >= 0.6 is 15.6 Å². The van der Waals surface area contributed by atoms with E-state index < -0.39 is 94.7 Å². The minimum absolute atomic E-state index is 0.615. The maximum absolute atomic E-state index is 12.3. The molecule has 2 fully saturated rings. The number of phosphoric acid groups is 2. The first-order valence-corrected chi connectivity index (χ1v) is 13.0. The molecule has 2 saturated heterocycles. The molecular weight excluding hydrogens is 542 g/mol. The van der Waals surface area contributed by atoms with Crippen LogP contribution in [0.5, 0.6) is 0 Å². The second-order valence-electron chi connectivity index (χ2n) is 7.89. The van der Waals surface area contributed by atoms with Gasteiger partial charge in [-0.3, -0.25) is 18.9 Å². The van der Waals surface area contributed by atoms with Crippen molar-refractivity contribution in [3.05, 3.63) is 33.1 Å². The van der Waals surface area contributed by atoms with Gasteiger partial charge in [-0.1, -0.05) is 0 Å². The van der Waals surface area contributed by atoms with Crippen molar-refractivity contribution >= 4 is 15.6 Å². The standard InChI is InChI=1S/C15H24N2O17P2/c18-3-4-6(20)7(21)8(22)11(31-4)13(33-36(29,30)34-35(26,27)28)12-9(23)10(24)14(32-12)17-2-1-5(19)16-15(17)25/h1-2,4,6-14,18,20-24H,3H2,(H,29,30)(H,16,19,25)(H2,26,27,28)/t4-,6-,7+,8-,9+,10-,11+,12+,13+,14-/m1/s1. The Kier molecular flexibility index (Phi) is 8.73. The molecule has 19 nitrogen and oxygen atoms in total. The summed E-state index contributed by atoms with van der Waals surface area (Å²) in [7, 11) is -11.5. The second-order valence-corrected chi connectivity index (χ2v) is 10.7. The fourth-order valence-electron chi connectivity index (χ4n) is 3.83. The number of rotatable bonds is 8. The van der Waals surface area contributed by atoms with E-state index in [1.165, 1.54) is 0 Å². The molecule has 0 radical (unpaired) electrons. The predicted octanol–water partition coefficient (Wildman–Crippen LogP) is -5.41. The molecule has 1 aromatic rings. The molecule has 0 amide bonds. The van der Waals surface area contributed by atoms with Crippen LogP contribution in [0.1, 0.15) is 6.23 Å². The number of aliphatic hydroxyl groups is 6. The molecule has 0 saturated carbocycles. The fraction of sp³-hybridized carbons (Fsp3) is 0.733. The van der Waals surface area contributed by atoms with Crippen LogP contribution in [0.15, 0.2) is 21.9 Å². The van der Waals surface area contributed by atoms with E-state index in [1.807, 2.05) is 4.98 Å². The number of H-pyrrole nitrogens is 1. The molecule has 0 bridgehead atoms. The van der Waals surface area contributed by atoms with Crippen molar-refractivity contribution in [2.45, 2.75) is 61.2 Å². The van der Waals surface area contributed by atoms with Crippen LogP contribution in [-0.4, -0.2) is 116 Å². The number of ether oxygens (including phenoxy) is 2. The SMILES string of the molecule is O=c1ccn([C@@H]2O[C@H]([C@@H](OP(=O)(O)OP(=O)(O)O)[C@H]3O[C@H](CO)[C@@H](O)[C@H](O)[C@H]3O)[C@@H](O)[C@H]2O)c(=O)[nH]1. The van der Waals surface area contributed by atoms with Crippen LogP contribution in [0.3, 0.4) is 0 Å². The second kappa shape index (κ2) is 10.8. The minimum atomic E-state index is -5.78. The average Bonchev–Trinajstić information content (AvgIpc) is 3.04. The van der Waals surface area contributed by atoms with E-state index in [1.54, 1.807) is 0 Å². The zero-order valence-electron chi connectivity index (χ0n) is 17.8. The summed E-state index contributed by atoms with van der Waals surface area (Å²) in [5.41, 5.74) is -1.93. The van der Waals surface area contributed by atoms with Gasteiger partial charge in [-0.2, -0.15) is 4.31 Å². The molecule has 206 valence electrons. The number of phosphoric ester groups is 1. The fourth-order valence-corrected chi connectivity index (χ4v) is 5.61. The summed E-state index contributed by atoms with van der Waals surface area (Å²) in [6, 6.07) is 0.860. The number of aromatic amines is 1. The Morgan fingerprint density at radius 1 is 0.944 bits per heavy atom. The van der Waals surface area contributed by atoms with E-state index in [4.69, 9.17) is 23.8 Å². The minimum Gasteiger partial charge on any atom is -0.394 e. The summed E-state index contributed by atoms with van der Waals surface area (Å²) in [5, 5.41) is 61.0. The molecular formula is C15H24N2O17P2. The lowest BCUT2D eigenvalue weighted by molar-refractivity contribution is -0.260. The van der Waals surface area contributed by atoms with E-state index in [0.29, 0.717) is 4.57 Å². The highest BCUT2D eigenvalue weighted by Gasteiger charge is 2.57. The van der Waals surface area contributed by atoms with Gasteiger partial charge < -0.3 is 54.8 Å². The predicted molar refractivity (Wildman–Crippen MR) is 109 cm³/mol. The van der Waals surface area contributed by atoms with Gasteiger partial charge in [0.2, 0.25) is 0 Å². The lowest BCUT2D eigenvalue weighted by Crippen LogP contribution is -2.64. The Labute approximate surface area is 199 Å². The number of hydrogen-bond donors (Lipinski definition) is 10. The summed E-state index contributed by atoms with van der Waals surface area (Å²) >= 11 is 0. The van der Waals surface area contributed by atoms with E-state index >= 15 is 0 Å². The molecule has 21 heteroatoms. The summed E-state index contributed by atoms with van der Waals surface area (Å²) < 4.78 is 43.1. The number of aliphatic hydroxyl groups excluding tert-OH is 6. The Morgan fingerprint density at radius 3 is 2.08 bits per heavy atom. The highest BCUT2D eigenvalue weighted by Crippen LogP contribution is 2.59. The van der Waals surface area contributed by atoms with Crippen molar-refractivity contribution in [1.29, 1.82) is 0 Å². The molecule has 2 aliphatic heterocycles. The summed E-state index contributed by atoms with van der Waals surface area (Å²) in [5.74, 6) is 0. The zero-order chi connectivity index (χ0) is 27.2. The van der Waals surface area contributed by atoms with Gasteiger partial charge in [-0.25, -0.2) is 13.9 Å². The Morgan fingerprint density at radius 2 is 1.53 bits per heavy atom. The topological polar surface area (TPSA) is 308 Å². The quantitative estimate of drug-likeness (QED) is 0.131. The van der Waals surface area contributed by atoms with Crippen molar-refractivity contribution < 1.29 is 72.8 Å². The van der Waals surface area contributed by atoms with Gasteiger partial charge in [0.1, 0.15) is 54.9 Å². The molecule has 0 aromatic carbocycles. The van der Waals surface area contributed by atoms with Crippen molar-refractivity contribution in [3.63, 3.8) is 0 Å². The van der Waals surface area contributed by atoms with E-state index in [0.717, 1.165) is 12.3 Å². The van der Waals surface area contributed by atoms with Gasteiger partial charge in [0, 0.05) is 12.3 Å². The largest absolute Gasteiger partial charge is 0.481 e. The third kappa shape index (κ3) is 6.18. The lowest BCUT2D eigenvalue weighted by Gasteiger charge is -2.44. The van der Waals surface area contributed by atoms with Crippen LogP contribution in [-0.2, 0) is 27.4 Å². The van der Waals surface area contributed by atoms with Crippen molar-refractivity contribution in [2.75, 3.05) is 6.61 Å². The Hall–Kier alpha value is -1.38. The first-order chi connectivity index (χ1) is 16.6. The average molecular weight is 566 g/mol. The molecule has 3 heterocycles. The van der Waals surface area contributed by atoms with Gasteiger partial charge in [0.05, 0.1) is 6.61 Å². The maximum atomic E-state index is 12.3. The number of nitrogens with zero attached hydrogens (tertiary/aromatic N) is 1. The molecule has 1 unspecified atom stereocenters. The highest BCUT2D eigenvalue weighted by atomic mass is 31.3. The highest BCUT2D eigenvalue weighted by molar-refractivity contribution is 7.60. The molecule has 36 heavy (non-hydrogen) atoms. The molecule has 0 spiro atoms. The van der Waals surface area contributed by atoms with Gasteiger partial charge in [-0.05, 0) is 0 Å². The van der Waals surface area contributed by atoms with Gasteiger partial charge in [-0.15, -0.1) is 0 Å². The molecule has 11 atom stereocenters. The van der Waals surface area contributed by atoms with Crippen LogP contribution < -0.4 is 11.2 Å². The monoisotopic (exact) mass is 566 g/mol. The van der Waals surface area contributed by atoms with Crippen LogP contribution in [0.2, 0.25) is 0 Å². The van der Waals surface area contributed by atoms with Gasteiger partial charge >= 0.3 is 21.3 Å². The first-order valence-electron chi connectivity index (χ1n) is 9.98. The van der Waals surface area contributed by atoms with E-state index in [2.05, 4.69) is 4.31 Å². The van der Waals surface area contributed by atoms with Crippen molar-refractivity contribution in [3.8, 4) is 0 Å². The number of hydrogen-bond acceptors (Lipinski definition) is 14. The molecule has 10 N–H and O–H groups in total. The first kappa shape index (κ1) is 29.2. The smallest absolute Gasteiger partial charge is 0.394 e. The Balaban J connectivity index is 2.02. The third-order valence-corrected chi connectivity index (χ3v) is 7.63. The summed E-state index contributed by atoms with van der Waals surface area (Å²) in [6.07, 6.45) is -19.2. The third-order valence-electron chi connectivity index (χ3n) is 5.44. The van der Waals surface area contributed by atoms with Crippen LogP contribution in [0.4, 0.5) is 0 Å². The van der Waals surface area contributed by atoms with Gasteiger partial charge in [0.25, 0.3) is 5.56 Å². The number of aromatic nitrogens is 2. The van der Waals surface area contributed by atoms with Gasteiger partial charge in [0.15, 0.2) is 6.23 Å². The molecule has 2 aliphatic rings. The van der Waals surface area contributed by atoms with E-state index in [9.17, 15) is 54.3 Å². The zero-order valence-corrected chi connectivity index (χ0v) is 19.6. The van der Waals surface area contributed by atoms with E-state index in [-0.39, 0.29) is 0 Å². The van der Waals surface area contributed by atoms with Crippen molar-refractivity contribution in [1.82, 2.24) is 9.55 Å². The Bertz CT molecular complexity index is 1130. The maximum Gasteiger partial charge on any atom is 0.481 e. The lowest BCUT2D eigenvalue weighted by atomic mass is 9.89. The van der Waals surface area contributed by atoms with Crippen LogP contribution in [0.25, 0.3) is 0 Å². The molecule has 3 rings (SSSR count). The molecule has 1 aromatic heterocycles.